The molecule has 0 fully saturated rings. The molecule has 7 heteroatoms. The minimum atomic E-state index is 0. The molecule has 6 nitrogen and oxygen atoms in total. The Morgan fingerprint density at radius 2 is 1.88 bits per heavy atom. The quantitative estimate of drug-likeness (QED) is 0.262. The lowest BCUT2D eigenvalue weighted by Crippen LogP contribution is -2.42. The summed E-state index contributed by atoms with van der Waals surface area (Å²) in [6, 6.07) is 0.434. The highest BCUT2D eigenvalue weighted by Gasteiger charge is 2.13. The summed E-state index contributed by atoms with van der Waals surface area (Å²) >= 11 is 0. The average molecular weight is 450 g/mol. The third-order valence-corrected chi connectivity index (χ3v) is 3.62. The monoisotopic (exact) mass is 450 g/mol. The van der Waals surface area contributed by atoms with E-state index in [0.717, 1.165) is 44.9 Å². The molecule has 1 aromatic rings. The summed E-state index contributed by atoms with van der Waals surface area (Å²) in [5.74, 6) is 0.929. The maximum absolute atomic E-state index is 4.67. The zero-order valence-corrected chi connectivity index (χ0v) is 18.2. The van der Waals surface area contributed by atoms with Gasteiger partial charge in [-0.1, -0.05) is 20.8 Å². The predicted octanol–water partition coefficient (Wildman–Crippen LogP) is 3.45. The first-order valence-corrected chi connectivity index (χ1v) is 8.78. The summed E-state index contributed by atoms with van der Waals surface area (Å²) in [7, 11) is 0. The summed E-state index contributed by atoms with van der Waals surface area (Å²) in [5, 5.41) is 14.5. The number of hydrogen-bond donors (Lipinski definition) is 2. The van der Waals surface area contributed by atoms with E-state index in [-0.39, 0.29) is 24.0 Å². The lowest BCUT2D eigenvalue weighted by atomic mass is 9.89. The fourth-order valence-electron chi connectivity index (χ4n) is 2.21. The Labute approximate surface area is 164 Å². The van der Waals surface area contributed by atoms with Gasteiger partial charge in [0.1, 0.15) is 12.7 Å². The fourth-order valence-corrected chi connectivity index (χ4v) is 2.21. The van der Waals surface area contributed by atoms with Gasteiger partial charge in [-0.3, -0.25) is 4.99 Å². The number of nitrogens with one attached hydrogen (secondary N) is 2. The molecule has 0 amide bonds. The van der Waals surface area contributed by atoms with Gasteiger partial charge in [0.15, 0.2) is 5.96 Å². The standard InChI is InChI=1S/C17H34N6.HI/c1-6-18-16(22-15(2)9-10-17(3,4)5)19-11-7-8-12-23-13-20-21-14-23;/h13-15H,6-12H2,1-5H3,(H2,18,19,22);1H. The lowest BCUT2D eigenvalue weighted by molar-refractivity contribution is 0.346. The predicted molar refractivity (Wildman–Crippen MR) is 112 cm³/mol. The highest BCUT2D eigenvalue weighted by molar-refractivity contribution is 14.0. The van der Waals surface area contributed by atoms with Crippen LogP contribution in [0, 0.1) is 5.41 Å². The second-order valence-electron chi connectivity index (χ2n) is 7.31. The minimum absolute atomic E-state index is 0. The molecule has 0 aliphatic heterocycles. The molecule has 0 saturated heterocycles. The Balaban J connectivity index is 0.00000529. The van der Waals surface area contributed by atoms with Gasteiger partial charge in [0.2, 0.25) is 0 Å². The van der Waals surface area contributed by atoms with Crippen molar-refractivity contribution in [3.63, 3.8) is 0 Å². The molecule has 1 atom stereocenters. The van der Waals surface area contributed by atoms with Crippen LogP contribution in [0.25, 0.3) is 0 Å². The third-order valence-electron chi connectivity index (χ3n) is 3.62. The Morgan fingerprint density at radius 1 is 1.21 bits per heavy atom. The Kier molecular flexibility index (Phi) is 12.0. The number of aliphatic imine (C=N–C) groups is 1. The van der Waals surface area contributed by atoms with E-state index >= 15 is 0 Å². The molecule has 1 rings (SSSR count). The maximum Gasteiger partial charge on any atom is 0.191 e. The normalized spacial score (nSPS) is 13.3. The molecule has 1 unspecified atom stereocenters. The van der Waals surface area contributed by atoms with E-state index in [0.29, 0.717) is 11.5 Å². The third kappa shape index (κ3) is 11.6. The second kappa shape index (κ2) is 12.5. The van der Waals surface area contributed by atoms with Crippen molar-refractivity contribution in [1.82, 2.24) is 25.4 Å². The van der Waals surface area contributed by atoms with Crippen LogP contribution in [0.3, 0.4) is 0 Å². The summed E-state index contributed by atoms with van der Waals surface area (Å²) in [5.41, 5.74) is 0.383. The summed E-state index contributed by atoms with van der Waals surface area (Å²) < 4.78 is 2.00. The van der Waals surface area contributed by atoms with Gasteiger partial charge in [-0.05, 0) is 44.9 Å². The molecule has 24 heavy (non-hydrogen) atoms. The first kappa shape index (κ1) is 23.1. The zero-order chi connectivity index (χ0) is 17.1. The fraction of sp³-hybridized carbons (Fsp3) is 0.824. The Bertz CT molecular complexity index is 438. The van der Waals surface area contributed by atoms with E-state index < -0.39 is 0 Å². The minimum Gasteiger partial charge on any atom is -0.357 e. The van der Waals surface area contributed by atoms with E-state index in [2.05, 4.69) is 60.4 Å². The van der Waals surface area contributed by atoms with E-state index in [1.807, 2.05) is 4.57 Å². The van der Waals surface area contributed by atoms with Crippen molar-refractivity contribution in [1.29, 1.82) is 0 Å². The van der Waals surface area contributed by atoms with E-state index in [4.69, 9.17) is 0 Å². The van der Waals surface area contributed by atoms with Crippen LogP contribution in [-0.4, -0.2) is 39.9 Å². The highest BCUT2D eigenvalue weighted by atomic mass is 127. The first-order chi connectivity index (χ1) is 10.9. The Hall–Kier alpha value is -0.860. The molecule has 0 aromatic carbocycles. The Morgan fingerprint density at radius 3 is 2.46 bits per heavy atom. The van der Waals surface area contributed by atoms with Crippen LogP contribution < -0.4 is 10.6 Å². The molecule has 1 aromatic heterocycles. The van der Waals surface area contributed by atoms with Gasteiger partial charge in [-0.15, -0.1) is 34.2 Å². The van der Waals surface area contributed by atoms with Gasteiger partial charge >= 0.3 is 0 Å². The van der Waals surface area contributed by atoms with Crippen molar-refractivity contribution in [2.45, 2.75) is 72.9 Å². The second-order valence-corrected chi connectivity index (χ2v) is 7.31. The summed E-state index contributed by atoms with van der Waals surface area (Å²) in [6.07, 6.45) is 8.02. The largest absolute Gasteiger partial charge is 0.357 e. The van der Waals surface area contributed by atoms with Crippen molar-refractivity contribution < 1.29 is 0 Å². The van der Waals surface area contributed by atoms with Crippen LogP contribution in [0.15, 0.2) is 17.6 Å². The van der Waals surface area contributed by atoms with E-state index in [9.17, 15) is 0 Å². The maximum atomic E-state index is 4.67. The molecule has 0 saturated carbocycles. The molecule has 140 valence electrons. The van der Waals surface area contributed by atoms with Crippen LogP contribution >= 0.6 is 24.0 Å². The summed E-state index contributed by atoms with van der Waals surface area (Å²) in [4.78, 5) is 4.67. The number of hydrogen-bond acceptors (Lipinski definition) is 3. The number of nitrogens with zero attached hydrogens (tertiary/aromatic N) is 4. The van der Waals surface area contributed by atoms with Crippen molar-refractivity contribution >= 4 is 29.9 Å². The molecule has 0 aliphatic carbocycles. The number of guanidine groups is 1. The molecular formula is C17H35IN6. The van der Waals surface area contributed by atoms with Crippen molar-refractivity contribution in [2.75, 3.05) is 13.1 Å². The van der Waals surface area contributed by atoms with Crippen LogP contribution in [0.5, 0.6) is 0 Å². The molecule has 0 radical (unpaired) electrons. The summed E-state index contributed by atoms with van der Waals surface area (Å²) in [6.45, 7) is 13.9. The van der Waals surface area contributed by atoms with E-state index in [1.54, 1.807) is 12.7 Å². The molecular weight excluding hydrogens is 415 g/mol. The van der Waals surface area contributed by atoms with Gasteiger partial charge < -0.3 is 15.2 Å². The van der Waals surface area contributed by atoms with Crippen molar-refractivity contribution in [3.8, 4) is 0 Å². The lowest BCUT2D eigenvalue weighted by Gasteiger charge is -2.23. The molecule has 0 aliphatic rings. The van der Waals surface area contributed by atoms with Gasteiger partial charge in [0, 0.05) is 25.7 Å². The number of unbranched alkanes of at least 4 members (excludes halogenated alkanes) is 1. The topological polar surface area (TPSA) is 67.1 Å². The van der Waals surface area contributed by atoms with Gasteiger partial charge in [-0.2, -0.15) is 0 Å². The molecule has 0 spiro atoms. The smallest absolute Gasteiger partial charge is 0.191 e. The number of aryl methyl sites for hydroxylation is 1. The van der Waals surface area contributed by atoms with Crippen LogP contribution in [0.1, 0.15) is 60.3 Å². The van der Waals surface area contributed by atoms with Crippen LogP contribution in [-0.2, 0) is 6.54 Å². The number of rotatable bonds is 9. The number of aromatic nitrogens is 3. The van der Waals surface area contributed by atoms with Crippen LogP contribution in [0.2, 0.25) is 0 Å². The van der Waals surface area contributed by atoms with Crippen molar-refractivity contribution in [3.05, 3.63) is 12.7 Å². The van der Waals surface area contributed by atoms with Crippen molar-refractivity contribution in [2.24, 2.45) is 10.4 Å². The number of halogens is 1. The van der Waals surface area contributed by atoms with E-state index in [1.165, 1.54) is 6.42 Å². The highest BCUT2D eigenvalue weighted by Crippen LogP contribution is 2.21. The van der Waals surface area contributed by atoms with Gasteiger partial charge in [0.05, 0.1) is 0 Å². The van der Waals surface area contributed by atoms with Crippen LogP contribution in [0.4, 0.5) is 0 Å². The molecule has 2 N–H and O–H groups in total. The van der Waals surface area contributed by atoms with Gasteiger partial charge in [-0.25, -0.2) is 0 Å². The van der Waals surface area contributed by atoms with Gasteiger partial charge in [0.25, 0.3) is 0 Å². The molecule has 0 bridgehead atoms. The zero-order valence-electron chi connectivity index (χ0n) is 15.9. The molecule has 1 heterocycles. The first-order valence-electron chi connectivity index (χ1n) is 8.78. The SMILES string of the molecule is CCNC(=NCCCCn1cnnc1)NC(C)CCC(C)(C)C.I. The average Bonchev–Trinajstić information content (AvgIpc) is 2.97.